The lowest BCUT2D eigenvalue weighted by Gasteiger charge is -2.25. The van der Waals surface area contributed by atoms with Crippen LogP contribution in [0, 0.1) is 5.82 Å². The van der Waals surface area contributed by atoms with Crippen molar-refractivity contribution >= 4 is 0 Å². The summed E-state index contributed by atoms with van der Waals surface area (Å²) in [5.41, 5.74) is 1.02. The molecule has 4 heteroatoms. The fourth-order valence-electron chi connectivity index (χ4n) is 2.80. The molecule has 1 aliphatic rings. The van der Waals surface area contributed by atoms with Crippen LogP contribution in [0.15, 0.2) is 24.3 Å². The van der Waals surface area contributed by atoms with Crippen LogP contribution < -0.4 is 5.32 Å². The Bertz CT molecular complexity index is 413. The van der Waals surface area contributed by atoms with Gasteiger partial charge in [0.25, 0.3) is 0 Å². The van der Waals surface area contributed by atoms with Gasteiger partial charge in [-0.1, -0.05) is 12.1 Å². The van der Waals surface area contributed by atoms with E-state index in [2.05, 4.69) is 17.1 Å². The molecular formula is C16H25FN2O. The molecule has 2 atom stereocenters. The topological polar surface area (TPSA) is 24.5 Å². The second-order valence-corrected chi connectivity index (χ2v) is 5.52. The zero-order valence-electron chi connectivity index (χ0n) is 12.4. The summed E-state index contributed by atoms with van der Waals surface area (Å²) in [5.74, 6) is -0.167. The van der Waals surface area contributed by atoms with Gasteiger partial charge < -0.3 is 15.0 Å². The van der Waals surface area contributed by atoms with Crippen LogP contribution in [0.3, 0.4) is 0 Å². The van der Waals surface area contributed by atoms with Crippen LogP contribution in [-0.2, 0) is 4.74 Å². The third-order valence-corrected chi connectivity index (χ3v) is 3.87. The third-order valence-electron chi connectivity index (χ3n) is 3.87. The quantitative estimate of drug-likeness (QED) is 0.897. The van der Waals surface area contributed by atoms with Gasteiger partial charge >= 0.3 is 0 Å². The Morgan fingerprint density at radius 3 is 3.10 bits per heavy atom. The van der Waals surface area contributed by atoms with Crippen molar-refractivity contribution in [2.45, 2.75) is 31.9 Å². The number of benzene rings is 1. The third kappa shape index (κ3) is 4.54. The van der Waals surface area contributed by atoms with E-state index in [4.69, 9.17) is 4.74 Å². The van der Waals surface area contributed by atoms with Gasteiger partial charge in [-0.25, -0.2) is 4.39 Å². The second-order valence-electron chi connectivity index (χ2n) is 5.52. The first-order chi connectivity index (χ1) is 9.69. The average molecular weight is 280 g/mol. The lowest BCUT2D eigenvalue weighted by atomic mass is 10.0. The van der Waals surface area contributed by atoms with E-state index in [1.54, 1.807) is 12.1 Å². The summed E-state index contributed by atoms with van der Waals surface area (Å²) in [7, 11) is 1.93. The molecular weight excluding hydrogens is 255 g/mol. The fourth-order valence-corrected chi connectivity index (χ4v) is 2.80. The highest BCUT2D eigenvalue weighted by Gasteiger charge is 2.17. The van der Waals surface area contributed by atoms with Crippen molar-refractivity contribution in [3.63, 3.8) is 0 Å². The molecule has 2 rings (SSSR count). The van der Waals surface area contributed by atoms with Crippen molar-refractivity contribution in [1.82, 2.24) is 10.2 Å². The molecule has 1 aromatic carbocycles. The minimum Gasteiger partial charge on any atom is -0.377 e. The van der Waals surface area contributed by atoms with Crippen LogP contribution in [0.5, 0.6) is 0 Å². The Labute approximate surface area is 121 Å². The van der Waals surface area contributed by atoms with Crippen molar-refractivity contribution < 1.29 is 9.13 Å². The Hall–Kier alpha value is -0.970. The molecule has 1 aromatic rings. The van der Waals surface area contributed by atoms with Crippen LogP contribution >= 0.6 is 0 Å². The van der Waals surface area contributed by atoms with Gasteiger partial charge in [-0.2, -0.15) is 0 Å². The molecule has 1 N–H and O–H groups in total. The van der Waals surface area contributed by atoms with Crippen molar-refractivity contribution in [1.29, 1.82) is 0 Å². The van der Waals surface area contributed by atoms with E-state index in [0.29, 0.717) is 6.10 Å². The van der Waals surface area contributed by atoms with Gasteiger partial charge in [-0.05, 0) is 44.5 Å². The number of halogens is 1. The molecule has 112 valence electrons. The molecule has 0 aromatic heterocycles. The summed E-state index contributed by atoms with van der Waals surface area (Å²) >= 11 is 0. The van der Waals surface area contributed by atoms with Gasteiger partial charge in [0.05, 0.1) is 6.10 Å². The molecule has 3 nitrogen and oxygen atoms in total. The van der Waals surface area contributed by atoms with Gasteiger partial charge in [0.15, 0.2) is 0 Å². The molecule has 1 heterocycles. The minimum absolute atomic E-state index is 0.167. The van der Waals surface area contributed by atoms with Crippen LogP contribution in [0.4, 0.5) is 4.39 Å². The Kier molecular flexibility index (Phi) is 5.95. The van der Waals surface area contributed by atoms with E-state index in [1.807, 2.05) is 13.1 Å². The zero-order valence-corrected chi connectivity index (χ0v) is 12.4. The first kappa shape index (κ1) is 15.4. The summed E-state index contributed by atoms with van der Waals surface area (Å²) in [6.07, 6.45) is 2.38. The predicted octanol–water partition coefficient (Wildman–Crippen LogP) is 2.59. The Morgan fingerprint density at radius 1 is 1.50 bits per heavy atom. The number of hydrogen-bond acceptors (Lipinski definition) is 3. The van der Waals surface area contributed by atoms with E-state index in [0.717, 1.165) is 44.6 Å². The number of nitrogens with one attached hydrogen (secondary N) is 1. The summed E-state index contributed by atoms with van der Waals surface area (Å²) in [6, 6.07) is 7.07. The predicted molar refractivity (Wildman–Crippen MR) is 79.3 cm³/mol. The van der Waals surface area contributed by atoms with E-state index >= 15 is 0 Å². The Morgan fingerprint density at radius 2 is 2.35 bits per heavy atom. The molecule has 0 aliphatic carbocycles. The Balaban J connectivity index is 1.90. The second kappa shape index (κ2) is 7.72. The SMILES string of the molecule is CNC(CCN1CCCOC(C)C1)c1cccc(F)c1. The van der Waals surface area contributed by atoms with E-state index in [1.165, 1.54) is 6.07 Å². The van der Waals surface area contributed by atoms with Crippen molar-refractivity contribution in [2.24, 2.45) is 0 Å². The first-order valence-corrected chi connectivity index (χ1v) is 7.45. The maximum Gasteiger partial charge on any atom is 0.123 e. The number of nitrogens with zero attached hydrogens (tertiary/aromatic N) is 1. The van der Waals surface area contributed by atoms with Gasteiger partial charge in [-0.15, -0.1) is 0 Å². The first-order valence-electron chi connectivity index (χ1n) is 7.45. The summed E-state index contributed by atoms with van der Waals surface area (Å²) in [6.45, 7) is 6.07. The van der Waals surface area contributed by atoms with E-state index < -0.39 is 0 Å². The smallest absolute Gasteiger partial charge is 0.123 e. The van der Waals surface area contributed by atoms with Crippen molar-refractivity contribution in [3.8, 4) is 0 Å². The lowest BCUT2D eigenvalue weighted by molar-refractivity contribution is 0.0672. The highest BCUT2D eigenvalue weighted by Crippen LogP contribution is 2.18. The highest BCUT2D eigenvalue weighted by molar-refractivity contribution is 5.20. The molecule has 0 amide bonds. The normalized spacial score (nSPS) is 22.4. The molecule has 1 fully saturated rings. The van der Waals surface area contributed by atoms with E-state index in [9.17, 15) is 4.39 Å². The number of rotatable bonds is 5. The van der Waals surface area contributed by atoms with Gasteiger partial charge in [0, 0.05) is 32.3 Å². The van der Waals surface area contributed by atoms with Crippen LogP contribution in [0.2, 0.25) is 0 Å². The zero-order chi connectivity index (χ0) is 14.4. The molecule has 0 bridgehead atoms. The summed E-state index contributed by atoms with van der Waals surface area (Å²) in [4.78, 5) is 2.45. The highest BCUT2D eigenvalue weighted by atomic mass is 19.1. The molecule has 1 saturated heterocycles. The molecule has 0 radical (unpaired) electrons. The largest absolute Gasteiger partial charge is 0.377 e. The van der Waals surface area contributed by atoms with Crippen LogP contribution in [-0.4, -0.2) is 44.3 Å². The fraction of sp³-hybridized carbons (Fsp3) is 0.625. The van der Waals surface area contributed by atoms with Crippen LogP contribution in [0.1, 0.15) is 31.4 Å². The molecule has 20 heavy (non-hydrogen) atoms. The standard InChI is InChI=1S/C16H25FN2O/c1-13-12-19(8-4-10-20-13)9-7-16(18-2)14-5-3-6-15(17)11-14/h3,5-6,11,13,16,18H,4,7-10,12H2,1-2H3. The molecule has 2 unspecified atom stereocenters. The van der Waals surface area contributed by atoms with Crippen molar-refractivity contribution in [2.75, 3.05) is 33.3 Å². The monoisotopic (exact) mass is 280 g/mol. The lowest BCUT2D eigenvalue weighted by Crippen LogP contribution is -2.33. The van der Waals surface area contributed by atoms with E-state index in [-0.39, 0.29) is 11.9 Å². The molecule has 0 saturated carbocycles. The maximum absolute atomic E-state index is 13.3. The maximum atomic E-state index is 13.3. The number of ether oxygens (including phenoxy) is 1. The summed E-state index contributed by atoms with van der Waals surface area (Å²) < 4.78 is 19.0. The van der Waals surface area contributed by atoms with Crippen LogP contribution in [0.25, 0.3) is 0 Å². The van der Waals surface area contributed by atoms with Gasteiger partial charge in [0.2, 0.25) is 0 Å². The summed E-state index contributed by atoms with van der Waals surface area (Å²) in [5, 5.41) is 3.29. The molecule has 1 aliphatic heterocycles. The number of hydrogen-bond donors (Lipinski definition) is 1. The minimum atomic E-state index is -0.167. The van der Waals surface area contributed by atoms with Gasteiger partial charge in [-0.3, -0.25) is 0 Å². The average Bonchev–Trinajstić information content (AvgIpc) is 2.64. The van der Waals surface area contributed by atoms with Gasteiger partial charge in [0.1, 0.15) is 5.82 Å². The van der Waals surface area contributed by atoms with Crippen molar-refractivity contribution in [3.05, 3.63) is 35.6 Å². The molecule has 0 spiro atoms.